The molecule has 0 heterocycles. The summed E-state index contributed by atoms with van der Waals surface area (Å²) in [6.07, 6.45) is 33.5. The number of carbonyl (C=O) groups excluding carboxylic acids is 1. The van der Waals surface area contributed by atoms with Gasteiger partial charge in [-0.15, -0.1) is 0 Å². The van der Waals surface area contributed by atoms with Crippen LogP contribution in [0.2, 0.25) is 0 Å². The highest BCUT2D eigenvalue weighted by atomic mass is 16.5. The molecule has 1 atom stereocenters. The lowest BCUT2D eigenvalue weighted by molar-refractivity contribution is -0.148. The molecule has 3 nitrogen and oxygen atoms in total. The van der Waals surface area contributed by atoms with E-state index in [1.54, 1.807) is 0 Å². The smallest absolute Gasteiger partial charge is 0.306 e. The number of rotatable bonds is 30. The van der Waals surface area contributed by atoms with Crippen LogP contribution in [0, 0.1) is 0 Å². The molecule has 1 unspecified atom stereocenters. The average molecular weight is 621 g/mol. The van der Waals surface area contributed by atoms with Crippen LogP contribution in [0.5, 0.6) is 5.75 Å². The van der Waals surface area contributed by atoms with Gasteiger partial charge in [-0.2, -0.15) is 0 Å². The molecule has 0 bridgehead atoms. The molecule has 45 heavy (non-hydrogen) atoms. The van der Waals surface area contributed by atoms with Crippen LogP contribution < -0.4 is 4.74 Å². The Morgan fingerprint density at radius 1 is 0.533 bits per heavy atom. The van der Waals surface area contributed by atoms with Crippen LogP contribution in [-0.4, -0.2) is 5.97 Å². The minimum atomic E-state index is -0.241. The first-order chi connectivity index (χ1) is 22.2. The van der Waals surface area contributed by atoms with Crippen molar-refractivity contribution in [3.63, 3.8) is 0 Å². The largest absolute Gasteiger partial charge is 0.489 e. The molecule has 0 fully saturated rings. The standard InChI is InChI=1S/C42H68O3/c1-3-4-5-6-7-8-9-10-11-12-13-14-15-16-17-18-19-20-21-22-23-24-25-29-32-42(43)45-38(2)40-33-35-41(36-34-40)44-37-39-30-27-26-28-31-39/h26-28,30-31,33-36,38H,3-25,29,32,37H2,1-2H3. The fourth-order valence-corrected chi connectivity index (χ4v) is 6.13. The molecule has 254 valence electrons. The van der Waals surface area contributed by atoms with E-state index in [4.69, 9.17) is 9.47 Å². The zero-order chi connectivity index (χ0) is 32.0. The molecule has 0 amide bonds. The van der Waals surface area contributed by atoms with E-state index in [9.17, 15) is 4.79 Å². The van der Waals surface area contributed by atoms with E-state index in [-0.39, 0.29) is 12.1 Å². The van der Waals surface area contributed by atoms with Gasteiger partial charge in [-0.3, -0.25) is 4.79 Å². The van der Waals surface area contributed by atoms with E-state index < -0.39 is 0 Å². The summed E-state index contributed by atoms with van der Waals surface area (Å²) >= 11 is 0. The molecule has 0 aliphatic carbocycles. The molecule has 0 radical (unpaired) electrons. The van der Waals surface area contributed by atoms with E-state index >= 15 is 0 Å². The minimum Gasteiger partial charge on any atom is -0.489 e. The maximum Gasteiger partial charge on any atom is 0.306 e. The maximum atomic E-state index is 12.3. The summed E-state index contributed by atoms with van der Waals surface area (Å²) in [5.41, 5.74) is 2.14. The Morgan fingerprint density at radius 3 is 1.36 bits per heavy atom. The van der Waals surface area contributed by atoms with Crippen molar-refractivity contribution < 1.29 is 14.3 Å². The van der Waals surface area contributed by atoms with Gasteiger partial charge in [0.2, 0.25) is 0 Å². The average Bonchev–Trinajstić information content (AvgIpc) is 3.06. The molecule has 0 aliphatic heterocycles. The predicted octanol–water partition coefficient (Wildman–Crippen LogP) is 13.6. The quantitative estimate of drug-likeness (QED) is 0.0644. The van der Waals surface area contributed by atoms with Crippen LogP contribution in [-0.2, 0) is 16.1 Å². The summed E-state index contributed by atoms with van der Waals surface area (Å²) in [7, 11) is 0. The van der Waals surface area contributed by atoms with Crippen LogP contribution in [0.15, 0.2) is 54.6 Å². The predicted molar refractivity (Wildman–Crippen MR) is 193 cm³/mol. The molecule has 0 N–H and O–H groups in total. The number of hydrogen-bond donors (Lipinski definition) is 0. The Labute approximate surface area is 278 Å². The molecule has 0 aliphatic rings. The van der Waals surface area contributed by atoms with Crippen LogP contribution in [0.3, 0.4) is 0 Å². The number of esters is 1. The first-order valence-corrected chi connectivity index (χ1v) is 19.1. The van der Waals surface area contributed by atoms with Crippen LogP contribution in [0.25, 0.3) is 0 Å². The Bertz CT molecular complexity index is 923. The van der Waals surface area contributed by atoms with Crippen LogP contribution >= 0.6 is 0 Å². The third-order valence-electron chi connectivity index (χ3n) is 9.14. The highest BCUT2D eigenvalue weighted by Crippen LogP contribution is 2.22. The van der Waals surface area contributed by atoms with Crippen molar-refractivity contribution in [1.82, 2.24) is 0 Å². The SMILES string of the molecule is CCCCCCCCCCCCCCCCCCCCCCCCCCC(=O)OC(C)c1ccc(OCc2ccccc2)cc1. The summed E-state index contributed by atoms with van der Waals surface area (Å²) in [5, 5.41) is 0. The lowest BCUT2D eigenvalue weighted by Crippen LogP contribution is -2.08. The lowest BCUT2D eigenvalue weighted by atomic mass is 10.0. The number of hydrogen-bond acceptors (Lipinski definition) is 3. The Hall–Kier alpha value is -2.29. The van der Waals surface area contributed by atoms with Crippen LogP contribution in [0.4, 0.5) is 0 Å². The second kappa shape index (κ2) is 28.0. The molecule has 0 saturated carbocycles. The van der Waals surface area contributed by atoms with E-state index in [1.807, 2.05) is 49.4 Å². The minimum absolute atomic E-state index is 0.0919. The zero-order valence-corrected chi connectivity index (χ0v) is 29.4. The molecule has 2 aromatic carbocycles. The van der Waals surface area contributed by atoms with Gasteiger partial charge in [0.05, 0.1) is 0 Å². The molecule has 0 spiro atoms. The Balaban J connectivity index is 1.30. The second-order valence-corrected chi connectivity index (χ2v) is 13.4. The summed E-state index contributed by atoms with van der Waals surface area (Å²) in [6, 6.07) is 18.0. The topological polar surface area (TPSA) is 35.5 Å². The molecule has 0 aromatic heterocycles. The van der Waals surface area contributed by atoms with Gasteiger partial charge < -0.3 is 9.47 Å². The maximum absolute atomic E-state index is 12.3. The Morgan fingerprint density at radius 2 is 0.933 bits per heavy atom. The van der Waals surface area contributed by atoms with Crippen molar-refractivity contribution in [2.24, 2.45) is 0 Å². The normalized spacial score (nSPS) is 11.9. The highest BCUT2D eigenvalue weighted by Gasteiger charge is 2.12. The fourth-order valence-electron chi connectivity index (χ4n) is 6.13. The number of ether oxygens (including phenoxy) is 2. The molecule has 2 aromatic rings. The molecule has 2 rings (SSSR count). The third kappa shape index (κ3) is 22.0. The van der Waals surface area contributed by atoms with Gasteiger partial charge in [0.15, 0.2) is 0 Å². The Kier molecular flexibility index (Phi) is 24.2. The number of carbonyl (C=O) groups is 1. The van der Waals surface area contributed by atoms with Crippen molar-refractivity contribution in [3.05, 3.63) is 65.7 Å². The van der Waals surface area contributed by atoms with Crippen molar-refractivity contribution in [2.45, 2.75) is 187 Å². The van der Waals surface area contributed by atoms with Gasteiger partial charge in [-0.05, 0) is 36.6 Å². The van der Waals surface area contributed by atoms with Crippen molar-refractivity contribution >= 4 is 5.97 Å². The first-order valence-electron chi connectivity index (χ1n) is 19.1. The summed E-state index contributed by atoms with van der Waals surface area (Å²) in [5.74, 6) is 0.729. The number of benzene rings is 2. The highest BCUT2D eigenvalue weighted by molar-refractivity contribution is 5.69. The second-order valence-electron chi connectivity index (χ2n) is 13.4. The number of unbranched alkanes of at least 4 members (excludes halogenated alkanes) is 23. The van der Waals surface area contributed by atoms with Gasteiger partial charge in [-0.1, -0.05) is 197 Å². The lowest BCUT2D eigenvalue weighted by Gasteiger charge is -2.14. The van der Waals surface area contributed by atoms with Crippen molar-refractivity contribution in [3.8, 4) is 5.75 Å². The van der Waals surface area contributed by atoms with E-state index in [2.05, 4.69) is 19.1 Å². The monoisotopic (exact) mass is 621 g/mol. The first kappa shape index (κ1) is 38.9. The van der Waals surface area contributed by atoms with Gasteiger partial charge in [-0.25, -0.2) is 0 Å². The molecular formula is C42H68O3. The van der Waals surface area contributed by atoms with E-state index in [0.29, 0.717) is 13.0 Å². The summed E-state index contributed by atoms with van der Waals surface area (Å²) in [4.78, 5) is 12.3. The third-order valence-corrected chi connectivity index (χ3v) is 9.14. The molecule has 3 heteroatoms. The van der Waals surface area contributed by atoms with Gasteiger partial charge in [0, 0.05) is 6.42 Å². The summed E-state index contributed by atoms with van der Waals surface area (Å²) < 4.78 is 11.5. The van der Waals surface area contributed by atoms with Gasteiger partial charge in [0.25, 0.3) is 0 Å². The molecule has 0 saturated heterocycles. The zero-order valence-electron chi connectivity index (χ0n) is 29.4. The van der Waals surface area contributed by atoms with Crippen LogP contribution in [0.1, 0.15) is 192 Å². The molecular weight excluding hydrogens is 552 g/mol. The van der Waals surface area contributed by atoms with E-state index in [1.165, 1.54) is 141 Å². The fraction of sp³-hybridized carbons (Fsp3) is 0.690. The van der Waals surface area contributed by atoms with E-state index in [0.717, 1.165) is 29.7 Å². The summed E-state index contributed by atoms with van der Waals surface area (Å²) in [6.45, 7) is 4.78. The van der Waals surface area contributed by atoms with Gasteiger partial charge in [0.1, 0.15) is 18.5 Å². The van der Waals surface area contributed by atoms with Crippen molar-refractivity contribution in [2.75, 3.05) is 0 Å². The van der Waals surface area contributed by atoms with Crippen molar-refractivity contribution in [1.29, 1.82) is 0 Å². The van der Waals surface area contributed by atoms with Gasteiger partial charge >= 0.3 is 5.97 Å².